The normalized spacial score (nSPS) is 19.7. The van der Waals surface area contributed by atoms with Gasteiger partial charge in [0.15, 0.2) is 0 Å². The molecule has 0 bridgehead atoms. The van der Waals surface area contributed by atoms with Gasteiger partial charge < -0.3 is 11.1 Å². The van der Waals surface area contributed by atoms with Crippen LogP contribution in [0.3, 0.4) is 0 Å². The maximum absolute atomic E-state index is 11.9. The van der Waals surface area contributed by atoms with Crippen LogP contribution in [0.15, 0.2) is 11.6 Å². The Morgan fingerprint density at radius 2 is 2.39 bits per heavy atom. The first-order chi connectivity index (χ1) is 8.65. The molecule has 0 aliphatic carbocycles. The number of thiazole rings is 1. The zero-order valence-electron chi connectivity index (χ0n) is 10.6. The summed E-state index contributed by atoms with van der Waals surface area (Å²) in [6.07, 6.45) is 3.72. The van der Waals surface area contributed by atoms with E-state index in [4.69, 9.17) is 5.73 Å². The van der Waals surface area contributed by atoms with E-state index in [1.54, 1.807) is 17.5 Å². The van der Waals surface area contributed by atoms with Gasteiger partial charge in [0.05, 0.1) is 12.6 Å². The first kappa shape index (κ1) is 13.5. The summed E-state index contributed by atoms with van der Waals surface area (Å²) < 4.78 is 0. The van der Waals surface area contributed by atoms with Crippen molar-refractivity contribution in [3.05, 3.63) is 16.6 Å². The number of carbonyl (C=O) groups excluding carboxylic acids is 1. The van der Waals surface area contributed by atoms with Crippen LogP contribution in [0.1, 0.15) is 30.8 Å². The number of aromatic nitrogens is 1. The molecule has 1 atom stereocenters. The maximum atomic E-state index is 11.9. The number of likely N-dealkylation sites (tertiary alicyclic amines) is 1. The van der Waals surface area contributed by atoms with E-state index in [-0.39, 0.29) is 11.9 Å². The lowest BCUT2D eigenvalue weighted by molar-refractivity contribution is -0.123. The number of nitrogens with two attached hydrogens (primary N) is 1. The van der Waals surface area contributed by atoms with E-state index in [0.29, 0.717) is 12.6 Å². The molecule has 2 rings (SSSR count). The fourth-order valence-electron chi connectivity index (χ4n) is 2.11. The maximum Gasteiger partial charge on any atom is 0.234 e. The van der Waals surface area contributed by atoms with Gasteiger partial charge in [0.2, 0.25) is 5.91 Å². The minimum atomic E-state index is -0.00968. The molecule has 100 valence electrons. The molecule has 1 aromatic heterocycles. The SMILES string of the molecule is CC(NC(=O)CN1CCC(N)CC1)c1nccs1. The molecule has 1 unspecified atom stereocenters. The Hall–Kier alpha value is -0.980. The molecule has 5 nitrogen and oxygen atoms in total. The van der Waals surface area contributed by atoms with Crippen LogP contribution >= 0.6 is 11.3 Å². The van der Waals surface area contributed by atoms with Crippen molar-refractivity contribution < 1.29 is 4.79 Å². The molecule has 0 saturated carbocycles. The molecule has 0 radical (unpaired) electrons. The minimum Gasteiger partial charge on any atom is -0.346 e. The van der Waals surface area contributed by atoms with Gasteiger partial charge in [0.1, 0.15) is 5.01 Å². The summed E-state index contributed by atoms with van der Waals surface area (Å²) in [5.41, 5.74) is 5.84. The van der Waals surface area contributed by atoms with E-state index in [9.17, 15) is 4.79 Å². The number of rotatable bonds is 4. The van der Waals surface area contributed by atoms with Crippen molar-refractivity contribution in [3.8, 4) is 0 Å². The van der Waals surface area contributed by atoms with Crippen molar-refractivity contribution in [1.29, 1.82) is 0 Å². The molecular weight excluding hydrogens is 248 g/mol. The Morgan fingerprint density at radius 1 is 1.67 bits per heavy atom. The standard InChI is InChI=1S/C12H20N4OS/c1-9(12-14-4-7-18-12)15-11(17)8-16-5-2-10(13)3-6-16/h4,7,9-10H,2-3,5-6,8,13H2,1H3,(H,15,17). The van der Waals surface area contributed by atoms with Gasteiger partial charge in [-0.15, -0.1) is 11.3 Å². The number of amides is 1. The lowest BCUT2D eigenvalue weighted by atomic mass is 10.1. The average molecular weight is 268 g/mol. The van der Waals surface area contributed by atoms with Gasteiger partial charge in [-0.3, -0.25) is 9.69 Å². The van der Waals surface area contributed by atoms with Crippen LogP contribution < -0.4 is 11.1 Å². The van der Waals surface area contributed by atoms with Gasteiger partial charge in [-0.2, -0.15) is 0 Å². The molecule has 1 amide bonds. The highest BCUT2D eigenvalue weighted by Crippen LogP contribution is 2.14. The van der Waals surface area contributed by atoms with E-state index in [1.165, 1.54) is 0 Å². The second-order valence-electron chi connectivity index (χ2n) is 4.77. The van der Waals surface area contributed by atoms with Crippen LogP contribution in [0, 0.1) is 0 Å². The molecule has 6 heteroatoms. The molecule has 1 aromatic rings. The molecule has 1 saturated heterocycles. The molecule has 18 heavy (non-hydrogen) atoms. The van der Waals surface area contributed by atoms with Gasteiger partial charge in [-0.1, -0.05) is 0 Å². The molecule has 1 aliphatic heterocycles. The van der Waals surface area contributed by atoms with Gasteiger partial charge in [-0.05, 0) is 19.8 Å². The van der Waals surface area contributed by atoms with E-state index in [2.05, 4.69) is 15.2 Å². The molecule has 1 aliphatic rings. The van der Waals surface area contributed by atoms with Crippen LogP contribution in [0.2, 0.25) is 0 Å². The van der Waals surface area contributed by atoms with Gasteiger partial charge >= 0.3 is 0 Å². The quantitative estimate of drug-likeness (QED) is 0.845. The third-order valence-electron chi connectivity index (χ3n) is 3.20. The zero-order valence-corrected chi connectivity index (χ0v) is 11.4. The Kier molecular flexibility index (Phi) is 4.68. The largest absolute Gasteiger partial charge is 0.346 e. The smallest absolute Gasteiger partial charge is 0.234 e. The van der Waals surface area contributed by atoms with Crippen LogP contribution in [0.5, 0.6) is 0 Å². The summed E-state index contributed by atoms with van der Waals surface area (Å²) >= 11 is 1.56. The first-order valence-corrected chi connectivity index (χ1v) is 7.20. The Labute approximate surface area is 111 Å². The van der Waals surface area contributed by atoms with Crippen LogP contribution in [0.25, 0.3) is 0 Å². The van der Waals surface area contributed by atoms with Gasteiger partial charge in [0.25, 0.3) is 0 Å². The third-order valence-corrected chi connectivity index (χ3v) is 4.16. The molecule has 3 N–H and O–H groups in total. The van der Waals surface area contributed by atoms with Crippen molar-refractivity contribution >= 4 is 17.2 Å². The van der Waals surface area contributed by atoms with Gasteiger partial charge in [-0.25, -0.2) is 4.98 Å². The average Bonchev–Trinajstić information content (AvgIpc) is 2.85. The van der Waals surface area contributed by atoms with E-state index < -0.39 is 0 Å². The van der Waals surface area contributed by atoms with Crippen LogP contribution in [0.4, 0.5) is 0 Å². The number of hydrogen-bond donors (Lipinski definition) is 2. The fraction of sp³-hybridized carbons (Fsp3) is 0.667. The number of carbonyl (C=O) groups is 1. The number of hydrogen-bond acceptors (Lipinski definition) is 5. The third kappa shape index (κ3) is 3.76. The van der Waals surface area contributed by atoms with Gasteiger partial charge in [0, 0.05) is 30.7 Å². The summed E-state index contributed by atoms with van der Waals surface area (Å²) in [6.45, 7) is 4.26. The van der Waals surface area contributed by atoms with Crippen molar-refractivity contribution in [1.82, 2.24) is 15.2 Å². The van der Waals surface area contributed by atoms with E-state index in [0.717, 1.165) is 30.9 Å². The van der Waals surface area contributed by atoms with E-state index in [1.807, 2.05) is 12.3 Å². The Bertz CT molecular complexity index is 373. The van der Waals surface area contributed by atoms with Crippen molar-refractivity contribution in [2.75, 3.05) is 19.6 Å². The summed E-state index contributed by atoms with van der Waals surface area (Å²) in [6, 6.07) is 0.295. The van der Waals surface area contributed by atoms with Crippen molar-refractivity contribution in [3.63, 3.8) is 0 Å². The summed E-state index contributed by atoms with van der Waals surface area (Å²) in [5.74, 6) is 0.0631. The summed E-state index contributed by atoms with van der Waals surface area (Å²) in [4.78, 5) is 18.3. The van der Waals surface area contributed by atoms with E-state index >= 15 is 0 Å². The predicted molar refractivity (Wildman–Crippen MR) is 72.3 cm³/mol. The molecule has 0 spiro atoms. The number of nitrogens with zero attached hydrogens (tertiary/aromatic N) is 2. The molecule has 1 fully saturated rings. The highest BCUT2D eigenvalue weighted by Gasteiger charge is 2.19. The summed E-state index contributed by atoms with van der Waals surface area (Å²) in [7, 11) is 0. The van der Waals surface area contributed by atoms with Crippen LogP contribution in [-0.2, 0) is 4.79 Å². The lowest BCUT2D eigenvalue weighted by Crippen LogP contribution is -2.44. The monoisotopic (exact) mass is 268 g/mol. The Morgan fingerprint density at radius 3 is 3.00 bits per heavy atom. The minimum absolute atomic E-state index is 0.00968. The number of nitrogens with one attached hydrogen (secondary N) is 1. The topological polar surface area (TPSA) is 71.2 Å². The second-order valence-corrected chi connectivity index (χ2v) is 5.70. The fourth-order valence-corrected chi connectivity index (χ4v) is 2.76. The highest BCUT2D eigenvalue weighted by atomic mass is 32.1. The molecular formula is C12H20N4OS. The van der Waals surface area contributed by atoms with Crippen LogP contribution in [-0.4, -0.2) is 41.5 Å². The predicted octanol–water partition coefficient (Wildman–Crippen LogP) is 0.743. The zero-order chi connectivity index (χ0) is 13.0. The summed E-state index contributed by atoms with van der Waals surface area (Å²) in [5, 5.41) is 5.85. The molecule has 0 aromatic carbocycles. The second kappa shape index (κ2) is 6.26. The Balaban J connectivity index is 1.75. The molecule has 2 heterocycles. The highest BCUT2D eigenvalue weighted by molar-refractivity contribution is 7.09. The lowest BCUT2D eigenvalue weighted by Gasteiger charge is -2.29. The van der Waals surface area contributed by atoms with Crippen molar-refractivity contribution in [2.24, 2.45) is 5.73 Å². The first-order valence-electron chi connectivity index (χ1n) is 6.32. The van der Waals surface area contributed by atoms with Crippen molar-refractivity contribution in [2.45, 2.75) is 31.8 Å². The number of piperidine rings is 1.